The van der Waals surface area contributed by atoms with Crippen LogP contribution in [0.2, 0.25) is 0 Å². The van der Waals surface area contributed by atoms with Crippen molar-refractivity contribution in [2.75, 3.05) is 6.54 Å². The Hall–Kier alpha value is -2.10. The van der Waals surface area contributed by atoms with Gasteiger partial charge in [0.25, 0.3) is 5.91 Å². The van der Waals surface area contributed by atoms with Crippen LogP contribution in [-0.2, 0) is 12.8 Å². The van der Waals surface area contributed by atoms with E-state index in [1.165, 1.54) is 12.0 Å². The van der Waals surface area contributed by atoms with Crippen LogP contribution in [0.4, 0.5) is 0 Å². The third kappa shape index (κ3) is 3.63. The number of amides is 1. The quantitative estimate of drug-likeness (QED) is 0.917. The van der Waals surface area contributed by atoms with Gasteiger partial charge in [-0.05, 0) is 44.1 Å². The summed E-state index contributed by atoms with van der Waals surface area (Å²) in [5.74, 6) is 0.147. The highest BCUT2D eigenvalue weighted by molar-refractivity contribution is 5.95. The van der Waals surface area contributed by atoms with Crippen LogP contribution in [0.1, 0.15) is 54.2 Å². The highest BCUT2D eigenvalue weighted by atomic mass is 16.2. The van der Waals surface area contributed by atoms with Gasteiger partial charge in [0, 0.05) is 18.3 Å². The van der Waals surface area contributed by atoms with E-state index in [0.717, 1.165) is 49.9 Å². The molecule has 3 rings (SSSR count). The number of nitrogens with one attached hydrogen (secondary N) is 1. The Balaban J connectivity index is 1.70. The van der Waals surface area contributed by atoms with Crippen molar-refractivity contribution in [2.24, 2.45) is 0 Å². The fourth-order valence-corrected chi connectivity index (χ4v) is 3.47. The Morgan fingerprint density at radius 1 is 1.30 bits per heavy atom. The number of nitrogens with zero attached hydrogens (tertiary/aromatic N) is 2. The smallest absolute Gasteiger partial charge is 0.257 e. The molecule has 1 N–H and O–H groups in total. The van der Waals surface area contributed by atoms with Crippen molar-refractivity contribution in [3.63, 3.8) is 0 Å². The van der Waals surface area contributed by atoms with Gasteiger partial charge in [-0.1, -0.05) is 37.3 Å². The molecule has 1 saturated heterocycles. The lowest BCUT2D eigenvalue weighted by Gasteiger charge is -2.36. The van der Waals surface area contributed by atoms with Crippen LogP contribution in [0, 0.1) is 0 Å². The number of piperidine rings is 1. The summed E-state index contributed by atoms with van der Waals surface area (Å²) in [6.45, 7) is 2.92. The molecule has 0 aliphatic carbocycles. The summed E-state index contributed by atoms with van der Waals surface area (Å²) in [6.07, 6.45) is 7.99. The van der Waals surface area contributed by atoms with Gasteiger partial charge in [-0.15, -0.1) is 0 Å². The lowest BCUT2D eigenvalue weighted by Crippen LogP contribution is -2.44. The normalized spacial score (nSPS) is 18.1. The van der Waals surface area contributed by atoms with E-state index in [-0.39, 0.29) is 5.91 Å². The largest absolute Gasteiger partial charge is 0.336 e. The number of aryl methyl sites for hydroxylation is 2. The predicted octanol–water partition coefficient (Wildman–Crippen LogP) is 3.60. The van der Waals surface area contributed by atoms with Crippen molar-refractivity contribution in [2.45, 2.75) is 51.5 Å². The molecule has 4 heteroatoms. The number of hydrogen-bond acceptors (Lipinski definition) is 2. The second kappa shape index (κ2) is 7.44. The number of carbonyl (C=O) groups excluding carboxylic acids is 1. The molecule has 1 atom stereocenters. The van der Waals surface area contributed by atoms with Gasteiger partial charge in [-0.2, -0.15) is 5.10 Å². The van der Waals surface area contributed by atoms with Gasteiger partial charge in [0.05, 0.1) is 11.8 Å². The number of carbonyl (C=O) groups is 1. The van der Waals surface area contributed by atoms with Crippen LogP contribution in [0.25, 0.3) is 0 Å². The Morgan fingerprint density at radius 2 is 2.13 bits per heavy atom. The standard InChI is InChI=1S/C19H25N3O/c1-2-18-17(14-20-21-18)19(23)22-13-7-6-10-16(22)12-11-15-8-4-3-5-9-15/h3-5,8-9,14,16H,2,6-7,10-13H2,1H3,(H,20,21)/t16-/m1/s1. The van der Waals surface area contributed by atoms with Crippen LogP contribution in [0.15, 0.2) is 36.5 Å². The first kappa shape index (κ1) is 15.8. The van der Waals surface area contributed by atoms with Crippen LogP contribution in [-0.4, -0.2) is 33.6 Å². The summed E-state index contributed by atoms with van der Waals surface area (Å²) < 4.78 is 0. The zero-order valence-corrected chi connectivity index (χ0v) is 13.8. The summed E-state index contributed by atoms with van der Waals surface area (Å²) in [4.78, 5) is 15.0. The molecule has 4 nitrogen and oxygen atoms in total. The summed E-state index contributed by atoms with van der Waals surface area (Å²) in [5, 5.41) is 7.01. The van der Waals surface area contributed by atoms with Crippen molar-refractivity contribution < 1.29 is 4.79 Å². The molecule has 1 fully saturated rings. The summed E-state index contributed by atoms with van der Waals surface area (Å²) in [7, 11) is 0. The molecule has 0 bridgehead atoms. The van der Waals surface area contributed by atoms with Crippen molar-refractivity contribution in [1.29, 1.82) is 0 Å². The lowest BCUT2D eigenvalue weighted by molar-refractivity contribution is 0.0601. The summed E-state index contributed by atoms with van der Waals surface area (Å²) >= 11 is 0. The van der Waals surface area contributed by atoms with Crippen molar-refractivity contribution in [3.8, 4) is 0 Å². The van der Waals surface area contributed by atoms with E-state index in [4.69, 9.17) is 0 Å². The number of H-pyrrole nitrogens is 1. The van der Waals surface area contributed by atoms with Crippen molar-refractivity contribution >= 4 is 5.91 Å². The third-order valence-electron chi connectivity index (χ3n) is 4.80. The topological polar surface area (TPSA) is 49.0 Å². The Morgan fingerprint density at radius 3 is 2.91 bits per heavy atom. The average Bonchev–Trinajstić information content (AvgIpc) is 3.09. The van der Waals surface area contributed by atoms with Gasteiger partial charge >= 0.3 is 0 Å². The monoisotopic (exact) mass is 311 g/mol. The number of hydrogen-bond donors (Lipinski definition) is 1. The van der Waals surface area contributed by atoms with Gasteiger partial charge < -0.3 is 4.90 Å². The maximum atomic E-state index is 12.9. The van der Waals surface area contributed by atoms with E-state index in [2.05, 4.69) is 39.4 Å². The van der Waals surface area contributed by atoms with Gasteiger partial charge in [0.1, 0.15) is 0 Å². The van der Waals surface area contributed by atoms with E-state index < -0.39 is 0 Å². The van der Waals surface area contributed by atoms with Crippen molar-refractivity contribution in [3.05, 3.63) is 53.3 Å². The van der Waals surface area contributed by atoms with E-state index in [9.17, 15) is 4.79 Å². The SMILES string of the molecule is CCc1[nH]ncc1C(=O)N1CCCC[C@@H]1CCc1ccccc1. The molecule has 1 aliphatic heterocycles. The lowest BCUT2D eigenvalue weighted by atomic mass is 9.95. The zero-order valence-electron chi connectivity index (χ0n) is 13.8. The highest BCUT2D eigenvalue weighted by Gasteiger charge is 2.28. The Kier molecular flexibility index (Phi) is 5.11. The van der Waals surface area contributed by atoms with Crippen LogP contribution >= 0.6 is 0 Å². The molecule has 2 heterocycles. The molecule has 1 aliphatic rings. The summed E-state index contributed by atoms with van der Waals surface area (Å²) in [6, 6.07) is 10.9. The van der Waals surface area contributed by atoms with Crippen LogP contribution < -0.4 is 0 Å². The minimum Gasteiger partial charge on any atom is -0.336 e. The van der Waals surface area contributed by atoms with E-state index in [0.29, 0.717) is 6.04 Å². The molecular formula is C19H25N3O. The van der Waals surface area contributed by atoms with E-state index in [1.807, 2.05) is 13.0 Å². The molecule has 1 amide bonds. The highest BCUT2D eigenvalue weighted by Crippen LogP contribution is 2.24. The fraction of sp³-hybridized carbons (Fsp3) is 0.474. The average molecular weight is 311 g/mol. The van der Waals surface area contributed by atoms with Crippen molar-refractivity contribution in [1.82, 2.24) is 15.1 Å². The molecule has 0 radical (unpaired) electrons. The zero-order chi connectivity index (χ0) is 16.1. The Labute approximate surface area is 137 Å². The minimum atomic E-state index is 0.147. The first-order valence-corrected chi connectivity index (χ1v) is 8.66. The number of aromatic nitrogens is 2. The number of likely N-dealkylation sites (tertiary alicyclic amines) is 1. The molecule has 2 aromatic rings. The summed E-state index contributed by atoms with van der Waals surface area (Å²) in [5.41, 5.74) is 3.05. The van der Waals surface area contributed by atoms with Gasteiger partial charge in [0.15, 0.2) is 0 Å². The van der Waals surface area contributed by atoms with Gasteiger partial charge in [-0.3, -0.25) is 9.89 Å². The second-order valence-corrected chi connectivity index (χ2v) is 6.29. The number of aromatic amines is 1. The fourth-order valence-electron chi connectivity index (χ4n) is 3.47. The number of rotatable bonds is 5. The van der Waals surface area contributed by atoms with Crippen LogP contribution in [0.3, 0.4) is 0 Å². The van der Waals surface area contributed by atoms with Gasteiger partial charge in [0.2, 0.25) is 0 Å². The molecule has 1 aromatic heterocycles. The molecule has 0 saturated carbocycles. The molecule has 0 unspecified atom stereocenters. The maximum absolute atomic E-state index is 12.9. The minimum absolute atomic E-state index is 0.147. The number of benzene rings is 1. The Bertz CT molecular complexity index is 635. The second-order valence-electron chi connectivity index (χ2n) is 6.29. The first-order chi connectivity index (χ1) is 11.3. The first-order valence-electron chi connectivity index (χ1n) is 8.66. The maximum Gasteiger partial charge on any atom is 0.257 e. The third-order valence-corrected chi connectivity index (χ3v) is 4.80. The van der Waals surface area contributed by atoms with E-state index in [1.54, 1.807) is 6.20 Å². The van der Waals surface area contributed by atoms with E-state index >= 15 is 0 Å². The molecular weight excluding hydrogens is 286 g/mol. The predicted molar refractivity (Wildman–Crippen MR) is 91.4 cm³/mol. The molecule has 122 valence electrons. The van der Waals surface area contributed by atoms with Gasteiger partial charge in [-0.25, -0.2) is 0 Å². The molecule has 23 heavy (non-hydrogen) atoms. The molecule has 0 spiro atoms. The molecule has 1 aromatic carbocycles. The van der Waals surface area contributed by atoms with Crippen LogP contribution in [0.5, 0.6) is 0 Å².